The summed E-state index contributed by atoms with van der Waals surface area (Å²) < 4.78 is 0. The van der Waals surface area contributed by atoms with Gasteiger partial charge in [-0.1, -0.05) is 12.2 Å². The molecule has 1 amide bonds. The molecule has 0 aliphatic rings. The number of thiocarbonyl (C=S) groups is 1. The van der Waals surface area contributed by atoms with Gasteiger partial charge < -0.3 is 16.2 Å². The van der Waals surface area contributed by atoms with Crippen LogP contribution in [0.15, 0.2) is 18.5 Å². The minimum absolute atomic E-state index is 0.150. The molecule has 1 atom stereocenters. The number of nitrogens with two attached hydrogens (primary N) is 1. The molecule has 0 radical (unpaired) electrons. The number of carbonyl (C=O) groups excluding carboxylic acids is 1. The number of aromatic hydroxyl groups is 1. The molecule has 0 spiro atoms. The molecule has 4 N–H and O–H groups in total. The fourth-order valence-electron chi connectivity index (χ4n) is 1.23. The van der Waals surface area contributed by atoms with E-state index in [0.717, 1.165) is 0 Å². The zero-order valence-corrected chi connectivity index (χ0v) is 9.62. The second-order valence-electron chi connectivity index (χ2n) is 3.44. The van der Waals surface area contributed by atoms with Gasteiger partial charge in [0.1, 0.15) is 5.75 Å². The van der Waals surface area contributed by atoms with Gasteiger partial charge in [-0.05, 0) is 13.0 Å². The second-order valence-corrected chi connectivity index (χ2v) is 3.96. The van der Waals surface area contributed by atoms with Crippen LogP contribution in [0.2, 0.25) is 0 Å². The Morgan fingerprint density at radius 2 is 2.44 bits per heavy atom. The average Bonchev–Trinajstić information content (AvgIpc) is 2.16. The summed E-state index contributed by atoms with van der Waals surface area (Å²) in [5.41, 5.74) is 5.54. The van der Waals surface area contributed by atoms with Crippen LogP contribution in [0.25, 0.3) is 0 Å². The van der Waals surface area contributed by atoms with Crippen molar-refractivity contribution in [1.82, 2.24) is 10.3 Å². The van der Waals surface area contributed by atoms with E-state index in [1.807, 2.05) is 0 Å². The zero-order chi connectivity index (χ0) is 12.1. The summed E-state index contributed by atoms with van der Waals surface area (Å²) in [6.07, 6.45) is 3.08. The normalized spacial score (nSPS) is 11.8. The van der Waals surface area contributed by atoms with Crippen molar-refractivity contribution < 1.29 is 9.90 Å². The van der Waals surface area contributed by atoms with Crippen molar-refractivity contribution in [3.8, 4) is 5.75 Å². The maximum atomic E-state index is 11.7. The van der Waals surface area contributed by atoms with E-state index in [4.69, 9.17) is 18.0 Å². The molecule has 86 valence electrons. The third kappa shape index (κ3) is 3.47. The van der Waals surface area contributed by atoms with Crippen LogP contribution in [0.1, 0.15) is 23.7 Å². The van der Waals surface area contributed by atoms with Crippen molar-refractivity contribution in [1.29, 1.82) is 0 Å². The summed E-state index contributed by atoms with van der Waals surface area (Å²) in [6, 6.07) is 1.27. The van der Waals surface area contributed by atoms with Crippen LogP contribution in [0, 0.1) is 0 Å². The molecule has 6 heteroatoms. The Labute approximate surface area is 98.7 Å². The number of amides is 1. The Bertz CT molecular complexity index is 409. The Hall–Kier alpha value is -1.69. The van der Waals surface area contributed by atoms with E-state index in [-0.39, 0.29) is 23.3 Å². The Morgan fingerprint density at radius 1 is 1.75 bits per heavy atom. The molecule has 1 aromatic rings. The van der Waals surface area contributed by atoms with E-state index in [1.54, 1.807) is 6.92 Å². The fourth-order valence-corrected chi connectivity index (χ4v) is 1.48. The monoisotopic (exact) mass is 239 g/mol. The summed E-state index contributed by atoms with van der Waals surface area (Å²) in [7, 11) is 0. The highest BCUT2D eigenvalue weighted by Crippen LogP contribution is 2.13. The first kappa shape index (κ1) is 12.4. The van der Waals surface area contributed by atoms with Gasteiger partial charge in [0.05, 0.1) is 16.7 Å². The van der Waals surface area contributed by atoms with Gasteiger partial charge in [-0.3, -0.25) is 9.78 Å². The van der Waals surface area contributed by atoms with E-state index in [2.05, 4.69) is 10.3 Å². The van der Waals surface area contributed by atoms with E-state index in [1.165, 1.54) is 18.5 Å². The number of rotatable bonds is 4. The van der Waals surface area contributed by atoms with Gasteiger partial charge in [0.25, 0.3) is 5.91 Å². The molecule has 0 bridgehead atoms. The van der Waals surface area contributed by atoms with Crippen molar-refractivity contribution in [2.45, 2.75) is 19.4 Å². The molecule has 16 heavy (non-hydrogen) atoms. The largest absolute Gasteiger partial charge is 0.505 e. The van der Waals surface area contributed by atoms with Crippen LogP contribution >= 0.6 is 12.2 Å². The smallest absolute Gasteiger partial charge is 0.255 e. The first-order valence-corrected chi connectivity index (χ1v) is 5.13. The van der Waals surface area contributed by atoms with Crippen LogP contribution < -0.4 is 11.1 Å². The number of nitrogens with one attached hydrogen (secondary N) is 1. The molecule has 1 aromatic heterocycles. The Kier molecular flexibility index (Phi) is 4.19. The molecular weight excluding hydrogens is 226 g/mol. The second kappa shape index (κ2) is 5.41. The SMILES string of the molecule is CC(CC(N)=S)NC(=O)c1ccncc1O. The molecular formula is C10H13N3O2S. The first-order chi connectivity index (χ1) is 7.50. The van der Waals surface area contributed by atoms with Crippen LogP contribution in [-0.4, -0.2) is 27.0 Å². The van der Waals surface area contributed by atoms with Crippen LogP contribution in [0.4, 0.5) is 0 Å². The molecule has 1 rings (SSSR count). The van der Waals surface area contributed by atoms with Gasteiger partial charge >= 0.3 is 0 Å². The highest BCUT2D eigenvalue weighted by atomic mass is 32.1. The van der Waals surface area contributed by atoms with E-state index in [9.17, 15) is 9.90 Å². The summed E-state index contributed by atoms with van der Waals surface area (Å²) >= 11 is 4.73. The maximum absolute atomic E-state index is 11.7. The van der Waals surface area contributed by atoms with Crippen molar-refractivity contribution >= 4 is 23.1 Å². The topological polar surface area (TPSA) is 88.2 Å². The van der Waals surface area contributed by atoms with E-state index < -0.39 is 0 Å². The zero-order valence-electron chi connectivity index (χ0n) is 8.80. The average molecular weight is 239 g/mol. The van der Waals surface area contributed by atoms with Crippen molar-refractivity contribution in [2.24, 2.45) is 5.73 Å². The third-order valence-corrected chi connectivity index (χ3v) is 2.10. The molecule has 0 aliphatic heterocycles. The highest BCUT2D eigenvalue weighted by molar-refractivity contribution is 7.80. The van der Waals surface area contributed by atoms with Gasteiger partial charge in [-0.25, -0.2) is 0 Å². The summed E-state index contributed by atoms with van der Waals surface area (Å²) in [4.78, 5) is 15.7. The number of aromatic nitrogens is 1. The van der Waals surface area contributed by atoms with Crippen molar-refractivity contribution in [2.75, 3.05) is 0 Å². The van der Waals surface area contributed by atoms with Gasteiger partial charge in [0.15, 0.2) is 0 Å². The lowest BCUT2D eigenvalue weighted by Gasteiger charge is -2.13. The first-order valence-electron chi connectivity index (χ1n) is 4.73. The van der Waals surface area contributed by atoms with Gasteiger partial charge in [0, 0.05) is 18.7 Å². The Morgan fingerprint density at radius 3 is 3.00 bits per heavy atom. The van der Waals surface area contributed by atoms with Gasteiger partial charge in [0.2, 0.25) is 0 Å². The predicted molar refractivity (Wildman–Crippen MR) is 64.2 cm³/mol. The number of nitrogens with zero attached hydrogens (tertiary/aromatic N) is 1. The van der Waals surface area contributed by atoms with Gasteiger partial charge in [-0.15, -0.1) is 0 Å². The number of hydrogen-bond donors (Lipinski definition) is 3. The number of hydrogen-bond acceptors (Lipinski definition) is 4. The standard InChI is InChI=1S/C10H13N3O2S/c1-6(4-9(11)16)13-10(15)7-2-3-12-5-8(7)14/h2-3,5-6,14H,4H2,1H3,(H2,11,16)(H,13,15). The van der Waals surface area contributed by atoms with E-state index >= 15 is 0 Å². The molecule has 0 saturated heterocycles. The molecule has 0 saturated carbocycles. The van der Waals surface area contributed by atoms with Gasteiger partial charge in [-0.2, -0.15) is 0 Å². The molecule has 1 unspecified atom stereocenters. The Balaban J connectivity index is 2.66. The molecule has 1 heterocycles. The lowest BCUT2D eigenvalue weighted by Crippen LogP contribution is -2.35. The minimum Gasteiger partial charge on any atom is -0.505 e. The van der Waals surface area contributed by atoms with Crippen molar-refractivity contribution in [3.05, 3.63) is 24.0 Å². The highest BCUT2D eigenvalue weighted by Gasteiger charge is 2.13. The lowest BCUT2D eigenvalue weighted by atomic mass is 10.2. The van der Waals surface area contributed by atoms with Crippen LogP contribution in [0.5, 0.6) is 5.75 Å². The predicted octanol–water partition coefficient (Wildman–Crippen LogP) is 0.582. The summed E-state index contributed by atoms with van der Waals surface area (Å²) in [5, 5.41) is 12.1. The van der Waals surface area contributed by atoms with E-state index in [0.29, 0.717) is 11.4 Å². The third-order valence-electron chi connectivity index (χ3n) is 1.93. The molecule has 0 aromatic carbocycles. The van der Waals surface area contributed by atoms with Crippen molar-refractivity contribution in [3.63, 3.8) is 0 Å². The lowest BCUT2D eigenvalue weighted by molar-refractivity contribution is 0.0938. The number of carbonyl (C=O) groups is 1. The van der Waals surface area contributed by atoms with Crippen LogP contribution in [-0.2, 0) is 0 Å². The molecule has 0 aliphatic carbocycles. The molecule has 0 fully saturated rings. The summed E-state index contributed by atoms with van der Waals surface area (Å²) in [5.74, 6) is -0.522. The number of pyridine rings is 1. The van der Waals surface area contributed by atoms with Crippen LogP contribution in [0.3, 0.4) is 0 Å². The maximum Gasteiger partial charge on any atom is 0.255 e. The quantitative estimate of drug-likeness (QED) is 0.669. The minimum atomic E-state index is -0.372. The fraction of sp³-hybridized carbons (Fsp3) is 0.300. The molecule has 5 nitrogen and oxygen atoms in total. The summed E-state index contributed by atoms with van der Waals surface area (Å²) in [6.45, 7) is 1.79.